The molecule has 0 fully saturated rings. The summed E-state index contributed by atoms with van der Waals surface area (Å²) >= 11 is 0. The van der Waals surface area contributed by atoms with Crippen molar-refractivity contribution in [3.8, 4) is 0 Å². The Morgan fingerprint density at radius 3 is 2.15 bits per heavy atom. The highest BCUT2D eigenvalue weighted by Crippen LogP contribution is 2.15. The Labute approximate surface area is 118 Å². The summed E-state index contributed by atoms with van der Waals surface area (Å²) in [5.41, 5.74) is -0.742. The average Bonchev–Trinajstić information content (AvgIpc) is 2.30. The van der Waals surface area contributed by atoms with Gasteiger partial charge in [0, 0.05) is 0 Å². The van der Waals surface area contributed by atoms with Gasteiger partial charge in [-0.1, -0.05) is 13.3 Å². The lowest BCUT2D eigenvalue weighted by Gasteiger charge is -2.25. The predicted octanol–water partition coefficient (Wildman–Crippen LogP) is 1.55. The Kier molecular flexibility index (Phi) is 7.02. The maximum atomic E-state index is 11.7. The summed E-state index contributed by atoms with van der Waals surface area (Å²) in [6.07, 6.45) is -0.0546. The van der Waals surface area contributed by atoms with Crippen LogP contribution in [-0.2, 0) is 19.1 Å². The summed E-state index contributed by atoms with van der Waals surface area (Å²) in [5.74, 6) is -3.03. The zero-order chi connectivity index (χ0) is 15.9. The molecule has 0 aromatic carbocycles. The van der Waals surface area contributed by atoms with Crippen molar-refractivity contribution in [2.75, 3.05) is 7.11 Å². The molecule has 0 aromatic rings. The standard InChI is InChI=1S/C13H23NO6/c1-6-7-8(10(15)16)9(11(17)19-5)14-12(18)20-13(2,3)4/h8-9H,6-7H2,1-5H3,(H,14,18)(H,15,16)/t8-,9+/m0/s1. The molecule has 7 heteroatoms. The number of amides is 1. The summed E-state index contributed by atoms with van der Waals surface area (Å²) in [6.45, 7) is 6.79. The Morgan fingerprint density at radius 2 is 1.80 bits per heavy atom. The van der Waals surface area contributed by atoms with E-state index in [0.717, 1.165) is 7.11 Å². The molecule has 0 aliphatic rings. The van der Waals surface area contributed by atoms with Gasteiger partial charge in [0.1, 0.15) is 11.6 Å². The Hall–Kier alpha value is -1.79. The molecule has 2 N–H and O–H groups in total. The van der Waals surface area contributed by atoms with E-state index in [1.165, 1.54) is 0 Å². The quantitative estimate of drug-likeness (QED) is 0.719. The molecule has 0 aliphatic carbocycles. The van der Waals surface area contributed by atoms with Crippen molar-refractivity contribution in [1.82, 2.24) is 5.32 Å². The number of hydrogen-bond donors (Lipinski definition) is 2. The maximum absolute atomic E-state index is 11.7. The smallest absolute Gasteiger partial charge is 0.408 e. The van der Waals surface area contributed by atoms with Crippen LogP contribution in [0.25, 0.3) is 0 Å². The molecule has 1 amide bonds. The third kappa shape index (κ3) is 6.40. The lowest BCUT2D eigenvalue weighted by Crippen LogP contribution is -2.50. The lowest BCUT2D eigenvalue weighted by atomic mass is 9.95. The van der Waals surface area contributed by atoms with E-state index in [0.29, 0.717) is 6.42 Å². The van der Waals surface area contributed by atoms with Gasteiger partial charge in [0.15, 0.2) is 0 Å². The number of carbonyl (C=O) groups is 3. The van der Waals surface area contributed by atoms with E-state index in [1.807, 2.05) is 0 Å². The summed E-state index contributed by atoms with van der Waals surface area (Å²) in [4.78, 5) is 34.6. The Bertz CT molecular complexity index is 360. The maximum Gasteiger partial charge on any atom is 0.408 e. The molecule has 0 rings (SSSR count). The van der Waals surface area contributed by atoms with Crippen LogP contribution in [0.4, 0.5) is 4.79 Å². The van der Waals surface area contributed by atoms with Crippen molar-refractivity contribution in [2.24, 2.45) is 5.92 Å². The van der Waals surface area contributed by atoms with Crippen LogP contribution in [0.15, 0.2) is 0 Å². The van der Waals surface area contributed by atoms with E-state index >= 15 is 0 Å². The molecule has 2 atom stereocenters. The molecule has 116 valence electrons. The molecule has 0 bridgehead atoms. The monoisotopic (exact) mass is 289 g/mol. The fourth-order valence-corrected chi connectivity index (χ4v) is 1.63. The highest BCUT2D eigenvalue weighted by molar-refractivity contribution is 5.87. The number of methoxy groups -OCH3 is 1. The zero-order valence-corrected chi connectivity index (χ0v) is 12.6. The van der Waals surface area contributed by atoms with E-state index in [-0.39, 0.29) is 6.42 Å². The van der Waals surface area contributed by atoms with Crippen LogP contribution < -0.4 is 5.32 Å². The molecule has 7 nitrogen and oxygen atoms in total. The minimum atomic E-state index is -1.27. The highest BCUT2D eigenvalue weighted by Gasteiger charge is 2.36. The number of nitrogens with one attached hydrogen (secondary N) is 1. The molecule has 20 heavy (non-hydrogen) atoms. The number of aliphatic carboxylic acids is 1. The van der Waals surface area contributed by atoms with Crippen LogP contribution in [0.3, 0.4) is 0 Å². The van der Waals surface area contributed by atoms with Crippen LogP contribution in [0.2, 0.25) is 0 Å². The number of alkyl carbamates (subject to hydrolysis) is 1. The van der Waals surface area contributed by atoms with Crippen molar-refractivity contribution in [1.29, 1.82) is 0 Å². The predicted molar refractivity (Wildman–Crippen MR) is 71.2 cm³/mol. The van der Waals surface area contributed by atoms with Gasteiger partial charge in [-0.15, -0.1) is 0 Å². The normalized spacial score (nSPS) is 14.1. The number of carboxylic acids is 1. The van der Waals surface area contributed by atoms with Crippen molar-refractivity contribution in [3.63, 3.8) is 0 Å². The van der Waals surface area contributed by atoms with Crippen LogP contribution in [0.5, 0.6) is 0 Å². The molecule has 0 saturated heterocycles. The van der Waals surface area contributed by atoms with Crippen LogP contribution in [0.1, 0.15) is 40.5 Å². The van der Waals surface area contributed by atoms with E-state index < -0.39 is 35.6 Å². The van der Waals surface area contributed by atoms with Crippen LogP contribution in [-0.4, -0.2) is 41.9 Å². The van der Waals surface area contributed by atoms with Crippen LogP contribution in [0, 0.1) is 5.92 Å². The molecule has 0 saturated carbocycles. The molecule has 0 spiro atoms. The van der Waals surface area contributed by atoms with Gasteiger partial charge >= 0.3 is 18.0 Å². The van der Waals surface area contributed by atoms with Gasteiger partial charge in [-0.2, -0.15) is 0 Å². The number of esters is 1. The summed E-state index contributed by atoms with van der Waals surface area (Å²) < 4.78 is 9.57. The highest BCUT2D eigenvalue weighted by atomic mass is 16.6. The van der Waals surface area contributed by atoms with Gasteiger partial charge in [0.05, 0.1) is 13.0 Å². The van der Waals surface area contributed by atoms with Gasteiger partial charge in [-0.05, 0) is 27.2 Å². The molecule has 0 unspecified atom stereocenters. The largest absolute Gasteiger partial charge is 0.481 e. The minimum Gasteiger partial charge on any atom is -0.481 e. The third-order valence-electron chi connectivity index (χ3n) is 2.45. The first-order chi connectivity index (χ1) is 9.12. The topological polar surface area (TPSA) is 102 Å². The third-order valence-corrected chi connectivity index (χ3v) is 2.45. The van der Waals surface area contributed by atoms with Gasteiger partial charge in [0.25, 0.3) is 0 Å². The Morgan fingerprint density at radius 1 is 1.25 bits per heavy atom. The second kappa shape index (κ2) is 7.72. The molecule has 0 heterocycles. The Balaban J connectivity index is 5.01. The molecule has 0 aromatic heterocycles. The van der Waals surface area contributed by atoms with Crippen molar-refractivity contribution in [2.45, 2.75) is 52.2 Å². The molecular formula is C13H23NO6. The summed E-state index contributed by atoms with van der Waals surface area (Å²) in [7, 11) is 1.14. The second-order valence-electron chi connectivity index (χ2n) is 5.38. The molecule has 0 radical (unpaired) electrons. The van der Waals surface area contributed by atoms with Crippen LogP contribution >= 0.6 is 0 Å². The summed E-state index contributed by atoms with van der Waals surface area (Å²) in [5, 5.41) is 11.4. The minimum absolute atomic E-state index is 0.241. The first-order valence-corrected chi connectivity index (χ1v) is 6.42. The first-order valence-electron chi connectivity index (χ1n) is 6.42. The second-order valence-corrected chi connectivity index (χ2v) is 5.38. The number of rotatable bonds is 6. The molecule has 0 aliphatic heterocycles. The van der Waals surface area contributed by atoms with E-state index in [2.05, 4.69) is 10.1 Å². The van der Waals surface area contributed by atoms with Gasteiger partial charge in [-0.25, -0.2) is 9.59 Å². The average molecular weight is 289 g/mol. The number of carbonyl (C=O) groups excluding carboxylic acids is 2. The zero-order valence-electron chi connectivity index (χ0n) is 12.6. The van der Waals surface area contributed by atoms with Gasteiger partial charge in [-0.3, -0.25) is 4.79 Å². The SMILES string of the molecule is CCC[C@H](C(=O)O)[C@@H](NC(=O)OC(C)(C)C)C(=O)OC. The van der Waals surface area contributed by atoms with Gasteiger partial charge < -0.3 is 19.9 Å². The number of carboxylic acid groups (broad SMARTS) is 1. The van der Waals surface area contributed by atoms with Crippen molar-refractivity contribution < 1.29 is 29.0 Å². The molecular weight excluding hydrogens is 266 g/mol. The summed E-state index contributed by atoms with van der Waals surface area (Å²) in [6, 6.07) is -1.27. The van der Waals surface area contributed by atoms with E-state index in [4.69, 9.17) is 9.84 Å². The fourth-order valence-electron chi connectivity index (χ4n) is 1.63. The van der Waals surface area contributed by atoms with Crippen molar-refractivity contribution >= 4 is 18.0 Å². The van der Waals surface area contributed by atoms with Gasteiger partial charge in [0.2, 0.25) is 0 Å². The number of hydrogen-bond acceptors (Lipinski definition) is 5. The van der Waals surface area contributed by atoms with E-state index in [1.54, 1.807) is 27.7 Å². The first kappa shape index (κ1) is 18.2. The lowest BCUT2D eigenvalue weighted by molar-refractivity contribution is -0.153. The van der Waals surface area contributed by atoms with E-state index in [9.17, 15) is 14.4 Å². The number of ether oxygens (including phenoxy) is 2. The fraction of sp³-hybridized carbons (Fsp3) is 0.769. The van der Waals surface area contributed by atoms with Crippen molar-refractivity contribution in [3.05, 3.63) is 0 Å².